The van der Waals surface area contributed by atoms with Gasteiger partial charge in [-0.3, -0.25) is 9.97 Å². The second kappa shape index (κ2) is 12.6. The van der Waals surface area contributed by atoms with Crippen LogP contribution in [0.5, 0.6) is 0 Å². The molecule has 4 aromatic carbocycles. The van der Waals surface area contributed by atoms with Crippen molar-refractivity contribution >= 4 is 60.9 Å². The van der Waals surface area contributed by atoms with Crippen LogP contribution in [0.2, 0.25) is 10.0 Å². The fourth-order valence-electron chi connectivity index (χ4n) is 4.78. The molecule has 0 amide bonds. The van der Waals surface area contributed by atoms with E-state index >= 15 is 0 Å². The first-order valence-electron chi connectivity index (χ1n) is 13.1. The Morgan fingerprint density at radius 3 is 1.63 bits per heavy atom. The zero-order chi connectivity index (χ0) is 29.1. The largest absolute Gasteiger partial charge is 0.252 e. The van der Waals surface area contributed by atoms with Crippen LogP contribution in [0, 0.1) is 11.6 Å². The predicted molar refractivity (Wildman–Crippen MR) is 171 cm³/mol. The van der Waals surface area contributed by atoms with Crippen molar-refractivity contribution in [1.82, 2.24) is 9.97 Å². The predicted octanol–water partition coefficient (Wildman–Crippen LogP) is 11.4. The van der Waals surface area contributed by atoms with Crippen LogP contribution in [0.4, 0.5) is 8.78 Å². The van der Waals surface area contributed by atoms with Gasteiger partial charge >= 0.3 is 0 Å². The van der Waals surface area contributed by atoms with Crippen LogP contribution in [0.1, 0.15) is 30.1 Å². The van der Waals surface area contributed by atoms with E-state index in [4.69, 9.17) is 23.2 Å². The van der Waals surface area contributed by atoms with Crippen molar-refractivity contribution in [3.63, 3.8) is 0 Å². The summed E-state index contributed by atoms with van der Waals surface area (Å²) in [6.07, 6.45) is 0.775. The van der Waals surface area contributed by atoms with Gasteiger partial charge in [0.1, 0.15) is 11.6 Å². The van der Waals surface area contributed by atoms with Gasteiger partial charge in [-0.15, -0.1) is 0 Å². The van der Waals surface area contributed by atoms with Gasteiger partial charge in [-0.05, 0) is 60.9 Å². The highest BCUT2D eigenvalue weighted by Gasteiger charge is 2.19. The second-order valence-corrected chi connectivity index (χ2v) is 11.6. The van der Waals surface area contributed by atoms with Gasteiger partial charge in [0, 0.05) is 21.9 Å². The Morgan fingerprint density at radius 2 is 1.15 bits per heavy atom. The van der Waals surface area contributed by atoms with E-state index in [1.165, 1.54) is 24.3 Å². The molecular formula is C34H25BrCl2F2N2. The molecule has 2 nitrogen and oxygen atoms in total. The first kappa shape index (κ1) is 29.1. The summed E-state index contributed by atoms with van der Waals surface area (Å²) in [5, 5.41) is 2.39. The molecule has 0 fully saturated rings. The molecule has 2 heterocycles. The van der Waals surface area contributed by atoms with Crippen molar-refractivity contribution in [1.29, 1.82) is 0 Å². The molecule has 6 aromatic rings. The lowest BCUT2D eigenvalue weighted by atomic mass is 10.00. The third-order valence-electron chi connectivity index (χ3n) is 6.71. The zero-order valence-corrected chi connectivity index (χ0v) is 25.4. The SMILES string of the molecule is CC(Br)c1nc2ccc(F)cc2c(Cl)c1-c1ccccc1.CCc1nc2ccc(F)cc2c(Cl)c1-c1ccccc1. The number of rotatable bonds is 4. The maximum Gasteiger partial charge on any atom is 0.124 e. The summed E-state index contributed by atoms with van der Waals surface area (Å²) in [5.74, 6) is -0.616. The lowest BCUT2D eigenvalue weighted by molar-refractivity contribution is 0.629. The number of nitrogens with zero attached hydrogens (tertiary/aromatic N) is 2. The van der Waals surface area contributed by atoms with Gasteiger partial charge in [0.2, 0.25) is 0 Å². The molecule has 0 aliphatic carbocycles. The summed E-state index contributed by atoms with van der Waals surface area (Å²) in [6, 6.07) is 28.7. The van der Waals surface area contributed by atoms with E-state index < -0.39 is 0 Å². The Hall–Kier alpha value is -3.38. The number of aromatic nitrogens is 2. The fraction of sp³-hybridized carbons (Fsp3) is 0.118. The van der Waals surface area contributed by atoms with Crippen LogP contribution in [0.25, 0.3) is 44.1 Å². The van der Waals surface area contributed by atoms with Crippen molar-refractivity contribution in [3.8, 4) is 22.3 Å². The number of fused-ring (bicyclic) bond motifs is 2. The van der Waals surface area contributed by atoms with Gasteiger partial charge in [-0.2, -0.15) is 0 Å². The van der Waals surface area contributed by atoms with Crippen molar-refractivity contribution in [2.24, 2.45) is 0 Å². The highest BCUT2D eigenvalue weighted by atomic mass is 79.9. The van der Waals surface area contributed by atoms with Crippen LogP contribution >= 0.6 is 39.1 Å². The van der Waals surface area contributed by atoms with E-state index in [2.05, 4.69) is 25.9 Å². The first-order chi connectivity index (χ1) is 19.8. The second-order valence-electron chi connectivity index (χ2n) is 9.46. The molecule has 6 rings (SSSR count). The van der Waals surface area contributed by atoms with Gasteiger partial charge in [-0.1, -0.05) is 107 Å². The number of aryl methyl sites for hydroxylation is 1. The standard InChI is InChI=1S/C17H12BrClFN.C17H13ClFN/c1-10(18)17-15(11-5-3-2-4-6-11)16(19)13-9-12(20)7-8-14(13)21-17;1-2-14-16(11-6-4-3-5-7-11)17(18)13-10-12(19)8-9-15(13)20-14/h2-10H,1H3;3-10H,2H2,1H3. The molecule has 1 atom stereocenters. The van der Waals surface area contributed by atoms with Gasteiger partial charge < -0.3 is 0 Å². The van der Waals surface area contributed by atoms with Gasteiger partial charge in [0.05, 0.1) is 37.3 Å². The quantitative estimate of drug-likeness (QED) is 0.178. The van der Waals surface area contributed by atoms with Gasteiger partial charge in [0.15, 0.2) is 0 Å². The zero-order valence-electron chi connectivity index (χ0n) is 22.3. The summed E-state index contributed by atoms with van der Waals surface area (Å²) in [5.41, 5.74) is 6.93. The maximum atomic E-state index is 13.5. The molecule has 206 valence electrons. The molecule has 0 saturated heterocycles. The average Bonchev–Trinajstić information content (AvgIpc) is 2.98. The van der Waals surface area contributed by atoms with Crippen molar-refractivity contribution in [3.05, 3.63) is 130 Å². The number of alkyl halides is 1. The monoisotopic (exact) mass is 648 g/mol. The van der Waals surface area contributed by atoms with Crippen LogP contribution in [-0.4, -0.2) is 9.97 Å². The summed E-state index contributed by atoms with van der Waals surface area (Å²) in [6.45, 7) is 4.04. The van der Waals surface area contributed by atoms with E-state index in [1.807, 2.05) is 74.5 Å². The first-order valence-corrected chi connectivity index (χ1v) is 14.8. The highest BCUT2D eigenvalue weighted by Crippen LogP contribution is 2.40. The van der Waals surface area contributed by atoms with Crippen LogP contribution in [-0.2, 0) is 6.42 Å². The molecule has 7 heteroatoms. The Balaban J connectivity index is 0.000000165. The molecule has 0 spiro atoms. The average molecular weight is 650 g/mol. The van der Waals surface area contributed by atoms with Crippen LogP contribution < -0.4 is 0 Å². The maximum absolute atomic E-state index is 13.5. The minimum Gasteiger partial charge on any atom is -0.252 e. The van der Waals surface area contributed by atoms with E-state index in [0.717, 1.165) is 45.6 Å². The summed E-state index contributed by atoms with van der Waals surface area (Å²) >= 11 is 16.7. The van der Waals surface area contributed by atoms with E-state index in [0.29, 0.717) is 26.3 Å². The molecule has 0 saturated carbocycles. The lowest BCUT2D eigenvalue weighted by Crippen LogP contribution is -1.98. The molecule has 0 radical (unpaired) electrons. The molecule has 2 aromatic heterocycles. The molecule has 0 aliphatic rings. The van der Waals surface area contributed by atoms with Crippen LogP contribution in [0.3, 0.4) is 0 Å². The third-order valence-corrected chi connectivity index (χ3v) is 7.93. The van der Waals surface area contributed by atoms with Crippen molar-refractivity contribution in [2.75, 3.05) is 0 Å². The summed E-state index contributed by atoms with van der Waals surface area (Å²) in [7, 11) is 0. The van der Waals surface area contributed by atoms with Crippen molar-refractivity contribution < 1.29 is 8.78 Å². The number of pyridine rings is 2. The molecule has 0 bridgehead atoms. The van der Waals surface area contributed by atoms with Gasteiger partial charge in [-0.25, -0.2) is 8.78 Å². The molecular weight excluding hydrogens is 625 g/mol. The lowest BCUT2D eigenvalue weighted by Gasteiger charge is -2.15. The number of benzene rings is 4. The number of halogens is 5. The Morgan fingerprint density at radius 1 is 0.683 bits per heavy atom. The fourth-order valence-corrected chi connectivity index (χ4v) is 5.84. The smallest absolute Gasteiger partial charge is 0.124 e. The number of hydrogen-bond donors (Lipinski definition) is 0. The van der Waals surface area contributed by atoms with Gasteiger partial charge in [0.25, 0.3) is 0 Å². The summed E-state index contributed by atoms with van der Waals surface area (Å²) < 4.78 is 27.0. The Bertz CT molecular complexity index is 1850. The summed E-state index contributed by atoms with van der Waals surface area (Å²) in [4.78, 5) is 9.32. The highest BCUT2D eigenvalue weighted by molar-refractivity contribution is 9.09. The molecule has 0 N–H and O–H groups in total. The van der Waals surface area contributed by atoms with Crippen LogP contribution in [0.15, 0.2) is 97.1 Å². The molecule has 0 aliphatic heterocycles. The molecule has 41 heavy (non-hydrogen) atoms. The van der Waals surface area contributed by atoms with E-state index in [9.17, 15) is 8.78 Å². The Labute approximate surface area is 256 Å². The van der Waals surface area contributed by atoms with E-state index in [-0.39, 0.29) is 16.5 Å². The normalized spacial score (nSPS) is 11.8. The number of hydrogen-bond acceptors (Lipinski definition) is 2. The minimum absolute atomic E-state index is 0.0414. The Kier molecular flexibility index (Phi) is 8.98. The molecule has 1 unspecified atom stereocenters. The minimum atomic E-state index is -0.315. The van der Waals surface area contributed by atoms with Crippen molar-refractivity contribution in [2.45, 2.75) is 25.1 Å². The van der Waals surface area contributed by atoms with E-state index in [1.54, 1.807) is 12.1 Å². The topological polar surface area (TPSA) is 25.8 Å². The third kappa shape index (κ3) is 6.13.